The van der Waals surface area contributed by atoms with Crippen LogP contribution in [0.3, 0.4) is 0 Å². The number of sulfonamides is 1. The van der Waals surface area contributed by atoms with Crippen molar-refractivity contribution in [3.8, 4) is 0 Å². The summed E-state index contributed by atoms with van der Waals surface area (Å²) in [5.74, 6) is -1.15. The van der Waals surface area contributed by atoms with Crippen LogP contribution in [-0.2, 0) is 10.0 Å². The first-order chi connectivity index (χ1) is 8.59. The molecule has 0 aromatic heterocycles. The molecule has 1 aromatic rings. The van der Waals surface area contributed by atoms with Crippen molar-refractivity contribution in [2.75, 3.05) is 7.05 Å². The van der Waals surface area contributed by atoms with Gasteiger partial charge in [-0.15, -0.1) is 0 Å². The second kappa shape index (κ2) is 5.60. The molecule has 0 saturated carbocycles. The van der Waals surface area contributed by atoms with Gasteiger partial charge < -0.3 is 5.11 Å². The van der Waals surface area contributed by atoms with Crippen LogP contribution in [0.4, 0.5) is 0 Å². The Morgan fingerprint density at radius 3 is 2.32 bits per heavy atom. The number of carbonyl (C=O) groups is 1. The van der Waals surface area contributed by atoms with E-state index in [0.717, 1.165) is 0 Å². The van der Waals surface area contributed by atoms with Crippen LogP contribution in [0.1, 0.15) is 29.8 Å². The molecule has 0 aliphatic rings. The molecule has 0 fully saturated rings. The van der Waals surface area contributed by atoms with Crippen molar-refractivity contribution in [3.05, 3.63) is 27.7 Å². The number of hydrogen-bond acceptors (Lipinski definition) is 3. The van der Waals surface area contributed by atoms with Crippen molar-refractivity contribution < 1.29 is 18.3 Å². The molecule has 0 amide bonds. The van der Waals surface area contributed by atoms with Crippen molar-refractivity contribution in [1.82, 2.24) is 4.31 Å². The number of benzene rings is 1. The van der Waals surface area contributed by atoms with Gasteiger partial charge in [-0.1, -0.05) is 0 Å². The molecular formula is C12H16BrNO4S. The average molecular weight is 350 g/mol. The van der Waals surface area contributed by atoms with Crippen LogP contribution in [-0.4, -0.2) is 36.9 Å². The molecule has 0 saturated heterocycles. The second-order valence-electron chi connectivity index (χ2n) is 4.53. The average Bonchev–Trinajstić information content (AvgIpc) is 2.30. The molecule has 0 aliphatic heterocycles. The van der Waals surface area contributed by atoms with E-state index >= 15 is 0 Å². The molecule has 0 atom stereocenters. The van der Waals surface area contributed by atoms with Crippen molar-refractivity contribution >= 4 is 31.9 Å². The number of halogens is 1. The summed E-state index contributed by atoms with van der Waals surface area (Å²) in [5, 5.41) is 9.01. The Balaban J connectivity index is 3.54. The Kier molecular flexibility index (Phi) is 4.76. The number of aromatic carboxylic acids is 1. The zero-order valence-electron chi connectivity index (χ0n) is 11.1. The van der Waals surface area contributed by atoms with Gasteiger partial charge in [0.15, 0.2) is 0 Å². The fourth-order valence-corrected chi connectivity index (χ4v) is 3.85. The van der Waals surface area contributed by atoms with Crippen LogP contribution in [0.15, 0.2) is 21.5 Å². The van der Waals surface area contributed by atoms with E-state index in [-0.39, 0.29) is 16.5 Å². The fraction of sp³-hybridized carbons (Fsp3) is 0.417. The number of carboxylic acid groups (broad SMARTS) is 1. The van der Waals surface area contributed by atoms with Crippen molar-refractivity contribution in [2.45, 2.75) is 31.7 Å². The predicted molar refractivity (Wildman–Crippen MR) is 75.9 cm³/mol. The zero-order valence-corrected chi connectivity index (χ0v) is 13.5. The molecule has 19 heavy (non-hydrogen) atoms. The lowest BCUT2D eigenvalue weighted by molar-refractivity contribution is 0.0696. The Labute approximate surface area is 121 Å². The Morgan fingerprint density at radius 2 is 1.89 bits per heavy atom. The Hall–Kier alpha value is -0.920. The molecule has 0 spiro atoms. The van der Waals surface area contributed by atoms with E-state index in [0.29, 0.717) is 10.0 Å². The highest BCUT2D eigenvalue weighted by molar-refractivity contribution is 9.10. The Morgan fingerprint density at radius 1 is 1.37 bits per heavy atom. The van der Waals surface area contributed by atoms with Gasteiger partial charge in [-0.3, -0.25) is 0 Å². The van der Waals surface area contributed by atoms with Gasteiger partial charge >= 0.3 is 5.97 Å². The summed E-state index contributed by atoms with van der Waals surface area (Å²) in [6, 6.07) is 2.39. The molecule has 1 aromatic carbocycles. The number of carboxylic acids is 1. The molecule has 0 radical (unpaired) electrons. The molecule has 0 unspecified atom stereocenters. The van der Waals surface area contributed by atoms with E-state index in [1.54, 1.807) is 20.8 Å². The lowest BCUT2D eigenvalue weighted by Gasteiger charge is -2.22. The normalized spacial score (nSPS) is 12.2. The largest absolute Gasteiger partial charge is 0.478 e. The van der Waals surface area contributed by atoms with Gasteiger partial charge in [0, 0.05) is 17.6 Å². The van der Waals surface area contributed by atoms with E-state index in [1.165, 1.54) is 23.5 Å². The highest BCUT2D eigenvalue weighted by atomic mass is 79.9. The summed E-state index contributed by atoms with van der Waals surface area (Å²) < 4.78 is 26.4. The minimum atomic E-state index is -3.72. The minimum Gasteiger partial charge on any atom is -0.478 e. The van der Waals surface area contributed by atoms with E-state index < -0.39 is 16.0 Å². The van der Waals surface area contributed by atoms with Crippen molar-refractivity contribution in [1.29, 1.82) is 0 Å². The van der Waals surface area contributed by atoms with E-state index in [9.17, 15) is 13.2 Å². The smallest absolute Gasteiger partial charge is 0.335 e. The van der Waals surface area contributed by atoms with E-state index in [4.69, 9.17) is 5.11 Å². The monoisotopic (exact) mass is 349 g/mol. The third-order valence-corrected chi connectivity index (χ3v) is 6.23. The molecule has 0 aliphatic carbocycles. The van der Waals surface area contributed by atoms with Crippen LogP contribution >= 0.6 is 15.9 Å². The number of rotatable bonds is 4. The van der Waals surface area contributed by atoms with Crippen LogP contribution in [0, 0.1) is 6.92 Å². The summed E-state index contributed by atoms with van der Waals surface area (Å²) in [6.45, 7) is 5.16. The van der Waals surface area contributed by atoms with Crippen LogP contribution in [0.5, 0.6) is 0 Å². The van der Waals surface area contributed by atoms with Gasteiger partial charge in [-0.05, 0) is 54.4 Å². The number of aryl methyl sites for hydroxylation is 1. The lowest BCUT2D eigenvalue weighted by atomic mass is 10.1. The maximum atomic E-state index is 12.4. The molecule has 7 heteroatoms. The van der Waals surface area contributed by atoms with Gasteiger partial charge in [0.05, 0.1) is 10.5 Å². The maximum Gasteiger partial charge on any atom is 0.335 e. The number of nitrogens with zero attached hydrogens (tertiary/aromatic N) is 1. The lowest BCUT2D eigenvalue weighted by Crippen LogP contribution is -2.33. The molecular weight excluding hydrogens is 334 g/mol. The molecule has 0 bridgehead atoms. The van der Waals surface area contributed by atoms with E-state index in [2.05, 4.69) is 15.9 Å². The van der Waals surface area contributed by atoms with Crippen LogP contribution in [0.25, 0.3) is 0 Å². The maximum absolute atomic E-state index is 12.4. The first-order valence-corrected chi connectivity index (χ1v) is 7.83. The van der Waals surface area contributed by atoms with Gasteiger partial charge in [-0.25, -0.2) is 13.2 Å². The molecule has 1 rings (SSSR count). The van der Waals surface area contributed by atoms with Crippen LogP contribution < -0.4 is 0 Å². The summed E-state index contributed by atoms with van der Waals surface area (Å²) >= 11 is 3.22. The number of hydrogen-bond donors (Lipinski definition) is 1. The first-order valence-electron chi connectivity index (χ1n) is 5.60. The van der Waals surface area contributed by atoms with Gasteiger partial charge in [-0.2, -0.15) is 4.31 Å². The van der Waals surface area contributed by atoms with Gasteiger partial charge in [0.25, 0.3) is 0 Å². The van der Waals surface area contributed by atoms with Gasteiger partial charge in [0.2, 0.25) is 10.0 Å². The quantitative estimate of drug-likeness (QED) is 0.905. The first kappa shape index (κ1) is 16.1. The summed E-state index contributed by atoms with van der Waals surface area (Å²) in [6.07, 6.45) is 0. The fourth-order valence-electron chi connectivity index (χ4n) is 1.48. The standard InChI is InChI=1S/C12H16BrNO4S/c1-7(2)14(4)19(17,18)10-6-9(12(15)16)5-8(3)11(10)13/h5-7H,1-4H3,(H,15,16). The highest BCUT2D eigenvalue weighted by Crippen LogP contribution is 2.29. The SMILES string of the molecule is Cc1cc(C(=O)O)cc(S(=O)(=O)N(C)C(C)C)c1Br. The second-order valence-corrected chi connectivity index (χ2v) is 7.28. The predicted octanol–water partition coefficient (Wildman–Crippen LogP) is 2.48. The molecule has 1 N–H and O–H groups in total. The van der Waals surface area contributed by atoms with E-state index in [1.807, 2.05) is 0 Å². The summed E-state index contributed by atoms with van der Waals surface area (Å²) in [5.41, 5.74) is 0.520. The molecule has 5 nitrogen and oxygen atoms in total. The molecule has 106 valence electrons. The van der Waals surface area contributed by atoms with Crippen molar-refractivity contribution in [2.24, 2.45) is 0 Å². The topological polar surface area (TPSA) is 74.7 Å². The zero-order chi connectivity index (χ0) is 15.0. The summed E-state index contributed by atoms with van der Waals surface area (Å²) in [4.78, 5) is 11.0. The van der Waals surface area contributed by atoms with Gasteiger partial charge in [0.1, 0.15) is 0 Å². The third kappa shape index (κ3) is 3.16. The van der Waals surface area contributed by atoms with Crippen molar-refractivity contribution in [3.63, 3.8) is 0 Å². The highest BCUT2D eigenvalue weighted by Gasteiger charge is 2.27. The Bertz CT molecular complexity index is 610. The minimum absolute atomic E-state index is 0.0268. The molecule has 0 heterocycles. The van der Waals surface area contributed by atoms with Crippen LogP contribution in [0.2, 0.25) is 0 Å². The third-order valence-electron chi connectivity index (χ3n) is 2.85. The summed E-state index contributed by atoms with van der Waals surface area (Å²) in [7, 11) is -2.26.